The van der Waals surface area contributed by atoms with Gasteiger partial charge in [0, 0.05) is 12.0 Å². The molecule has 0 unspecified atom stereocenters. The molecule has 0 spiro atoms. The molecule has 0 atom stereocenters. The van der Waals surface area contributed by atoms with Crippen molar-refractivity contribution in [3.05, 3.63) is 28.5 Å². The third-order valence-corrected chi connectivity index (χ3v) is 3.46. The fourth-order valence-corrected chi connectivity index (χ4v) is 2.51. The van der Waals surface area contributed by atoms with Crippen molar-refractivity contribution < 1.29 is 14.6 Å². The highest BCUT2D eigenvalue weighted by Crippen LogP contribution is 2.40. The second-order valence-corrected chi connectivity index (χ2v) is 5.11. The Bertz CT molecular complexity index is 598. The maximum Gasteiger partial charge on any atom is 0.175 e. The van der Waals surface area contributed by atoms with E-state index in [4.69, 9.17) is 14.6 Å². The van der Waals surface area contributed by atoms with E-state index in [0.29, 0.717) is 30.5 Å². The van der Waals surface area contributed by atoms with Gasteiger partial charge in [0.2, 0.25) is 0 Å². The van der Waals surface area contributed by atoms with Crippen LogP contribution in [0.15, 0.2) is 22.8 Å². The Hall–Kier alpha value is -1.53. The minimum Gasteiger partial charge on any atom is -0.489 e. The molecule has 6 heteroatoms. The molecule has 1 aliphatic heterocycles. The lowest BCUT2D eigenvalue weighted by molar-refractivity contribution is 0.277. The fraction of sp³-hybridized carbons (Fsp3) is 0.308. The number of aromatic nitrogens is 2. The number of imidazole rings is 1. The molecule has 2 heterocycles. The predicted octanol–water partition coefficient (Wildman–Crippen LogP) is 2.49. The Balaban J connectivity index is 2.03. The number of benzene rings is 1. The summed E-state index contributed by atoms with van der Waals surface area (Å²) < 4.78 is 12.2. The van der Waals surface area contributed by atoms with Gasteiger partial charge in [-0.3, -0.25) is 0 Å². The van der Waals surface area contributed by atoms with Crippen LogP contribution < -0.4 is 9.47 Å². The number of fused-ring (bicyclic) bond motifs is 1. The van der Waals surface area contributed by atoms with Crippen LogP contribution in [0, 0.1) is 0 Å². The van der Waals surface area contributed by atoms with Crippen molar-refractivity contribution in [2.24, 2.45) is 0 Å². The zero-order valence-electron chi connectivity index (χ0n) is 10.1. The summed E-state index contributed by atoms with van der Waals surface area (Å²) in [6, 6.07) is 3.82. The number of aromatic amines is 1. The van der Waals surface area contributed by atoms with E-state index in [1.165, 1.54) is 0 Å². The number of halogens is 1. The van der Waals surface area contributed by atoms with E-state index >= 15 is 0 Å². The van der Waals surface area contributed by atoms with Crippen molar-refractivity contribution in [2.75, 3.05) is 13.2 Å². The molecule has 0 aliphatic carbocycles. The number of aliphatic hydroxyl groups is 1. The van der Waals surface area contributed by atoms with Crippen molar-refractivity contribution in [1.29, 1.82) is 0 Å². The molecule has 5 nitrogen and oxygen atoms in total. The van der Waals surface area contributed by atoms with Crippen molar-refractivity contribution >= 4 is 15.9 Å². The Morgan fingerprint density at radius 2 is 2.16 bits per heavy atom. The van der Waals surface area contributed by atoms with E-state index in [2.05, 4.69) is 25.9 Å². The monoisotopic (exact) mass is 324 g/mol. The first-order valence-corrected chi connectivity index (χ1v) is 6.81. The van der Waals surface area contributed by atoms with E-state index in [0.717, 1.165) is 22.2 Å². The summed E-state index contributed by atoms with van der Waals surface area (Å²) in [6.45, 7) is 1.24. The van der Waals surface area contributed by atoms with Gasteiger partial charge in [-0.2, -0.15) is 0 Å². The van der Waals surface area contributed by atoms with Gasteiger partial charge in [0.05, 0.1) is 36.2 Å². The average Bonchev–Trinajstić information content (AvgIpc) is 2.77. The van der Waals surface area contributed by atoms with E-state index in [1.54, 1.807) is 6.20 Å². The third-order valence-electron chi connectivity index (χ3n) is 2.87. The summed E-state index contributed by atoms with van der Waals surface area (Å²) in [5.74, 6) is 2.14. The highest BCUT2D eigenvalue weighted by atomic mass is 79.9. The van der Waals surface area contributed by atoms with Crippen LogP contribution in [0.2, 0.25) is 0 Å². The summed E-state index contributed by atoms with van der Waals surface area (Å²) in [7, 11) is 0. The van der Waals surface area contributed by atoms with Crippen molar-refractivity contribution in [3.63, 3.8) is 0 Å². The zero-order valence-corrected chi connectivity index (χ0v) is 11.7. The molecule has 3 rings (SSSR count). The maximum absolute atomic E-state index is 9.06. The molecule has 0 saturated carbocycles. The first-order valence-electron chi connectivity index (χ1n) is 6.02. The van der Waals surface area contributed by atoms with Gasteiger partial charge in [0.15, 0.2) is 11.5 Å². The van der Waals surface area contributed by atoms with E-state index in [1.807, 2.05) is 12.1 Å². The zero-order chi connectivity index (χ0) is 13.2. The van der Waals surface area contributed by atoms with E-state index < -0.39 is 0 Å². The Labute approximate surface area is 118 Å². The van der Waals surface area contributed by atoms with Gasteiger partial charge in [-0.15, -0.1) is 0 Å². The minimum absolute atomic E-state index is 0.0568. The lowest BCUT2D eigenvalue weighted by Gasteiger charge is -2.10. The fourth-order valence-electron chi connectivity index (χ4n) is 1.95. The Morgan fingerprint density at radius 1 is 1.32 bits per heavy atom. The highest BCUT2D eigenvalue weighted by Gasteiger charge is 2.16. The van der Waals surface area contributed by atoms with Gasteiger partial charge in [0.1, 0.15) is 5.82 Å². The topological polar surface area (TPSA) is 67.4 Å². The quantitative estimate of drug-likeness (QED) is 0.890. The van der Waals surface area contributed by atoms with Crippen LogP contribution in [0.1, 0.15) is 12.1 Å². The molecule has 0 amide bonds. The Morgan fingerprint density at radius 3 is 2.95 bits per heavy atom. The molecular weight excluding hydrogens is 312 g/mol. The van der Waals surface area contributed by atoms with Gasteiger partial charge < -0.3 is 19.6 Å². The molecule has 2 N–H and O–H groups in total. The number of hydrogen-bond donors (Lipinski definition) is 2. The van der Waals surface area contributed by atoms with Crippen LogP contribution in [0.5, 0.6) is 11.5 Å². The molecule has 19 heavy (non-hydrogen) atoms. The van der Waals surface area contributed by atoms with E-state index in [9.17, 15) is 0 Å². The first-order chi connectivity index (χ1) is 9.28. The van der Waals surface area contributed by atoms with Crippen molar-refractivity contribution in [2.45, 2.75) is 13.0 Å². The first kappa shape index (κ1) is 12.5. The maximum atomic E-state index is 9.06. The van der Waals surface area contributed by atoms with Crippen LogP contribution in [0.3, 0.4) is 0 Å². The number of ether oxygens (including phenoxy) is 2. The molecule has 2 aromatic rings. The molecule has 1 aromatic carbocycles. The van der Waals surface area contributed by atoms with Gasteiger partial charge in [-0.25, -0.2) is 4.98 Å². The predicted molar refractivity (Wildman–Crippen MR) is 73.3 cm³/mol. The number of nitrogens with one attached hydrogen (secondary N) is 1. The number of nitrogens with zero attached hydrogens (tertiary/aromatic N) is 1. The van der Waals surface area contributed by atoms with Crippen LogP contribution in [0.4, 0.5) is 0 Å². The average molecular weight is 325 g/mol. The molecule has 0 fully saturated rings. The second kappa shape index (κ2) is 5.22. The standard InChI is InChI=1S/C13H13BrN2O3/c14-10-4-8(13-15-6-9(7-17)16-13)5-11-12(10)19-3-1-2-18-11/h4-6,17H,1-3,7H2,(H,15,16). The molecule has 0 bridgehead atoms. The van der Waals surface area contributed by atoms with Crippen molar-refractivity contribution in [3.8, 4) is 22.9 Å². The van der Waals surface area contributed by atoms with Crippen LogP contribution in [0.25, 0.3) is 11.4 Å². The SMILES string of the molecule is OCc1cnc(-c2cc(Br)c3c(c2)OCCCO3)[nH]1. The molecule has 1 aliphatic rings. The van der Waals surface area contributed by atoms with Gasteiger partial charge in [0.25, 0.3) is 0 Å². The minimum atomic E-state index is -0.0568. The lowest BCUT2D eigenvalue weighted by Crippen LogP contribution is -1.97. The van der Waals surface area contributed by atoms with Crippen LogP contribution >= 0.6 is 15.9 Å². The third kappa shape index (κ3) is 2.46. The van der Waals surface area contributed by atoms with Gasteiger partial charge in [-0.05, 0) is 28.1 Å². The lowest BCUT2D eigenvalue weighted by atomic mass is 10.2. The highest BCUT2D eigenvalue weighted by molar-refractivity contribution is 9.10. The summed E-state index contributed by atoms with van der Waals surface area (Å²) >= 11 is 3.49. The number of hydrogen-bond acceptors (Lipinski definition) is 4. The molecule has 1 aromatic heterocycles. The molecule has 0 saturated heterocycles. The summed E-state index contributed by atoms with van der Waals surface area (Å²) in [5.41, 5.74) is 1.56. The number of H-pyrrole nitrogens is 1. The summed E-state index contributed by atoms with van der Waals surface area (Å²) in [6.07, 6.45) is 2.48. The summed E-state index contributed by atoms with van der Waals surface area (Å²) in [5, 5.41) is 9.06. The van der Waals surface area contributed by atoms with Crippen LogP contribution in [-0.4, -0.2) is 28.3 Å². The Kier molecular flexibility index (Phi) is 3.44. The normalized spacial score (nSPS) is 14.2. The molecule has 0 radical (unpaired) electrons. The molecular formula is C13H13BrN2O3. The largest absolute Gasteiger partial charge is 0.489 e. The van der Waals surface area contributed by atoms with Gasteiger partial charge >= 0.3 is 0 Å². The second-order valence-electron chi connectivity index (χ2n) is 4.25. The number of aliphatic hydroxyl groups excluding tert-OH is 1. The van der Waals surface area contributed by atoms with Crippen molar-refractivity contribution in [1.82, 2.24) is 9.97 Å². The number of rotatable bonds is 2. The summed E-state index contributed by atoms with van der Waals surface area (Å²) in [4.78, 5) is 7.29. The van der Waals surface area contributed by atoms with Gasteiger partial charge in [-0.1, -0.05) is 0 Å². The van der Waals surface area contributed by atoms with Crippen LogP contribution in [-0.2, 0) is 6.61 Å². The van der Waals surface area contributed by atoms with E-state index in [-0.39, 0.29) is 6.61 Å². The smallest absolute Gasteiger partial charge is 0.175 e. The molecule has 100 valence electrons.